The first-order chi connectivity index (χ1) is 15.4. The van der Waals surface area contributed by atoms with Crippen molar-refractivity contribution < 1.29 is 19.1 Å². The lowest BCUT2D eigenvalue weighted by atomic mass is 9.98. The monoisotopic (exact) mass is 449 g/mol. The summed E-state index contributed by atoms with van der Waals surface area (Å²) in [6.07, 6.45) is 4.95. The zero-order chi connectivity index (χ0) is 24.8. The standard InChI is InChI=1S/C26H31N3O4/c1-8-19-14-9-10-15-20(19)23(24(31)28-22-17(2)12-11-13-18(22)3)29(7)21(30)16-27-25(32)33-26(4,5)6/h1,9-15,23H,16H2,2-7H3,(H,27,32)(H,28,31). The smallest absolute Gasteiger partial charge is 0.408 e. The van der Waals surface area contributed by atoms with Crippen LogP contribution < -0.4 is 10.6 Å². The number of hydrogen-bond acceptors (Lipinski definition) is 4. The number of amides is 3. The predicted molar refractivity (Wildman–Crippen MR) is 129 cm³/mol. The number of carbonyl (C=O) groups excluding carboxylic acids is 3. The number of hydrogen-bond donors (Lipinski definition) is 2. The fraction of sp³-hybridized carbons (Fsp3) is 0.346. The lowest BCUT2D eigenvalue weighted by Gasteiger charge is -2.29. The van der Waals surface area contributed by atoms with Gasteiger partial charge in [0, 0.05) is 18.3 Å². The molecule has 0 saturated carbocycles. The van der Waals surface area contributed by atoms with Gasteiger partial charge in [0.15, 0.2) is 0 Å². The molecule has 2 aromatic rings. The van der Waals surface area contributed by atoms with Crippen molar-refractivity contribution in [2.45, 2.75) is 46.3 Å². The summed E-state index contributed by atoms with van der Waals surface area (Å²) in [7, 11) is 1.50. The van der Waals surface area contributed by atoms with Crippen molar-refractivity contribution in [3.63, 3.8) is 0 Å². The van der Waals surface area contributed by atoms with Crippen molar-refractivity contribution in [2.75, 3.05) is 18.9 Å². The Labute approximate surface area is 195 Å². The number of benzene rings is 2. The van der Waals surface area contributed by atoms with E-state index in [1.807, 2.05) is 32.0 Å². The van der Waals surface area contributed by atoms with Gasteiger partial charge in [-0.3, -0.25) is 9.59 Å². The summed E-state index contributed by atoms with van der Waals surface area (Å²) in [4.78, 5) is 39.7. The molecule has 0 spiro atoms. The molecular weight excluding hydrogens is 418 g/mol. The highest BCUT2D eigenvalue weighted by molar-refractivity contribution is 5.99. The largest absolute Gasteiger partial charge is 0.444 e. The second kappa shape index (κ2) is 10.7. The maximum Gasteiger partial charge on any atom is 0.408 e. The number of anilines is 1. The van der Waals surface area contributed by atoms with Crippen molar-refractivity contribution in [2.24, 2.45) is 0 Å². The van der Waals surface area contributed by atoms with Gasteiger partial charge < -0.3 is 20.3 Å². The van der Waals surface area contributed by atoms with Crippen molar-refractivity contribution >= 4 is 23.6 Å². The average Bonchev–Trinajstić information content (AvgIpc) is 2.74. The third-order valence-corrected chi connectivity index (χ3v) is 4.95. The Morgan fingerprint density at radius 2 is 1.67 bits per heavy atom. The van der Waals surface area contributed by atoms with Gasteiger partial charge in [0.2, 0.25) is 5.91 Å². The molecule has 1 atom stereocenters. The number of aryl methyl sites for hydroxylation is 2. The van der Waals surface area contributed by atoms with Crippen LogP contribution in [0, 0.1) is 26.2 Å². The molecule has 2 N–H and O–H groups in total. The minimum absolute atomic E-state index is 0.337. The van der Waals surface area contributed by atoms with Crippen LogP contribution in [0.5, 0.6) is 0 Å². The number of para-hydroxylation sites is 1. The second-order valence-electron chi connectivity index (χ2n) is 8.75. The molecule has 7 nitrogen and oxygen atoms in total. The molecule has 2 aromatic carbocycles. The fourth-order valence-corrected chi connectivity index (χ4v) is 3.33. The van der Waals surface area contributed by atoms with E-state index in [1.165, 1.54) is 11.9 Å². The summed E-state index contributed by atoms with van der Waals surface area (Å²) in [6.45, 7) is 8.64. The van der Waals surface area contributed by atoms with Crippen molar-refractivity contribution in [3.8, 4) is 12.3 Å². The molecule has 2 rings (SSSR count). The van der Waals surface area contributed by atoms with Gasteiger partial charge in [-0.1, -0.05) is 42.3 Å². The number of nitrogens with zero attached hydrogens (tertiary/aromatic N) is 1. The molecule has 0 aliphatic carbocycles. The Kier molecular flexibility index (Phi) is 8.25. The Morgan fingerprint density at radius 1 is 1.06 bits per heavy atom. The number of carbonyl (C=O) groups is 3. The molecule has 3 amide bonds. The summed E-state index contributed by atoms with van der Waals surface area (Å²) in [5.74, 6) is 1.69. The minimum Gasteiger partial charge on any atom is -0.444 e. The second-order valence-corrected chi connectivity index (χ2v) is 8.75. The van der Waals surface area contributed by atoms with Gasteiger partial charge in [0.25, 0.3) is 5.91 Å². The van der Waals surface area contributed by atoms with Gasteiger partial charge in [-0.2, -0.15) is 0 Å². The maximum absolute atomic E-state index is 13.5. The fourth-order valence-electron chi connectivity index (χ4n) is 3.33. The number of terminal acetylenes is 1. The van der Waals surface area contributed by atoms with E-state index in [1.54, 1.807) is 45.0 Å². The van der Waals surface area contributed by atoms with Crippen LogP contribution in [-0.4, -0.2) is 42.0 Å². The van der Waals surface area contributed by atoms with Crippen LogP contribution in [0.3, 0.4) is 0 Å². The van der Waals surface area contributed by atoms with Gasteiger partial charge in [-0.25, -0.2) is 4.79 Å². The van der Waals surface area contributed by atoms with Gasteiger partial charge in [0.1, 0.15) is 18.2 Å². The lowest BCUT2D eigenvalue weighted by molar-refractivity contribution is -0.136. The van der Waals surface area contributed by atoms with Crippen LogP contribution in [0.25, 0.3) is 0 Å². The Bertz CT molecular complexity index is 1060. The molecule has 0 radical (unpaired) electrons. The Hall–Kier alpha value is -3.79. The summed E-state index contributed by atoms with van der Waals surface area (Å²) in [6, 6.07) is 11.6. The molecule has 0 aliphatic heterocycles. The highest BCUT2D eigenvalue weighted by Gasteiger charge is 2.31. The molecule has 7 heteroatoms. The first kappa shape index (κ1) is 25.5. The van der Waals surface area contributed by atoms with Crippen LogP contribution in [0.15, 0.2) is 42.5 Å². The summed E-state index contributed by atoms with van der Waals surface area (Å²) < 4.78 is 5.18. The van der Waals surface area contributed by atoms with Crippen LogP contribution in [0.4, 0.5) is 10.5 Å². The first-order valence-corrected chi connectivity index (χ1v) is 10.6. The quantitative estimate of drug-likeness (QED) is 0.654. The number of ether oxygens (including phenoxy) is 1. The van der Waals surface area contributed by atoms with Crippen molar-refractivity contribution in [1.29, 1.82) is 0 Å². The molecular formula is C26H31N3O4. The molecule has 174 valence electrons. The third kappa shape index (κ3) is 6.84. The maximum atomic E-state index is 13.5. The Balaban J connectivity index is 2.33. The number of likely N-dealkylation sites (N-methyl/N-ethyl adjacent to an activating group) is 1. The van der Waals surface area contributed by atoms with Crippen LogP contribution in [0.1, 0.15) is 49.1 Å². The van der Waals surface area contributed by atoms with Crippen LogP contribution >= 0.6 is 0 Å². The zero-order valence-corrected chi connectivity index (χ0v) is 20.0. The SMILES string of the molecule is C#Cc1ccccc1C(C(=O)Nc1c(C)cccc1C)N(C)C(=O)CNC(=O)OC(C)(C)C. The highest BCUT2D eigenvalue weighted by Crippen LogP contribution is 2.27. The van der Waals surface area contributed by atoms with Crippen LogP contribution in [-0.2, 0) is 14.3 Å². The van der Waals surface area contributed by atoms with Gasteiger partial charge in [-0.15, -0.1) is 6.42 Å². The molecule has 0 bridgehead atoms. The summed E-state index contributed by atoms with van der Waals surface area (Å²) >= 11 is 0. The van der Waals surface area contributed by atoms with E-state index < -0.39 is 29.6 Å². The molecule has 0 heterocycles. The zero-order valence-electron chi connectivity index (χ0n) is 20.0. The summed E-state index contributed by atoms with van der Waals surface area (Å²) in [5.41, 5.74) is 2.79. The highest BCUT2D eigenvalue weighted by atomic mass is 16.6. The first-order valence-electron chi connectivity index (χ1n) is 10.6. The lowest BCUT2D eigenvalue weighted by Crippen LogP contribution is -2.44. The molecule has 0 aromatic heterocycles. The molecule has 0 fully saturated rings. The number of rotatable bonds is 6. The van der Waals surface area contributed by atoms with Crippen molar-refractivity contribution in [1.82, 2.24) is 10.2 Å². The van der Waals surface area contributed by atoms with Gasteiger partial charge in [-0.05, 0) is 57.4 Å². The normalized spacial score (nSPS) is 11.7. The van der Waals surface area contributed by atoms with E-state index in [4.69, 9.17) is 11.2 Å². The van der Waals surface area contributed by atoms with Gasteiger partial charge >= 0.3 is 6.09 Å². The van der Waals surface area contributed by atoms with E-state index in [0.717, 1.165) is 11.1 Å². The van der Waals surface area contributed by atoms with Crippen LogP contribution in [0.2, 0.25) is 0 Å². The Morgan fingerprint density at radius 3 is 2.24 bits per heavy atom. The van der Waals surface area contributed by atoms with Crippen molar-refractivity contribution in [3.05, 3.63) is 64.7 Å². The topological polar surface area (TPSA) is 87.7 Å². The van der Waals surface area contributed by atoms with E-state index in [2.05, 4.69) is 16.6 Å². The predicted octanol–water partition coefficient (Wildman–Crippen LogP) is 3.95. The minimum atomic E-state index is -1.01. The molecule has 33 heavy (non-hydrogen) atoms. The molecule has 0 saturated heterocycles. The molecule has 1 unspecified atom stereocenters. The third-order valence-electron chi connectivity index (χ3n) is 4.95. The number of nitrogens with one attached hydrogen (secondary N) is 2. The average molecular weight is 450 g/mol. The molecule has 0 aliphatic rings. The van der Waals surface area contributed by atoms with E-state index in [9.17, 15) is 14.4 Å². The number of alkyl carbamates (subject to hydrolysis) is 1. The summed E-state index contributed by atoms with van der Waals surface area (Å²) in [5, 5.41) is 5.38. The van der Waals surface area contributed by atoms with E-state index in [0.29, 0.717) is 16.8 Å². The van der Waals surface area contributed by atoms with E-state index >= 15 is 0 Å². The van der Waals surface area contributed by atoms with Gasteiger partial charge in [0.05, 0.1) is 0 Å². The van der Waals surface area contributed by atoms with E-state index in [-0.39, 0.29) is 6.54 Å².